The molecule has 114 valence electrons. The molecule has 21 heavy (non-hydrogen) atoms. The molecule has 3 rings (SSSR count). The minimum Gasteiger partial charge on any atom is -0.508 e. The first kappa shape index (κ1) is 14.4. The molecule has 1 aliphatic heterocycles. The highest BCUT2D eigenvalue weighted by molar-refractivity contribution is 5.80. The first-order chi connectivity index (χ1) is 10.0. The zero-order valence-electron chi connectivity index (χ0n) is 12.6. The Balaban J connectivity index is 2.02. The van der Waals surface area contributed by atoms with Gasteiger partial charge in [0, 0.05) is 31.2 Å². The van der Waals surface area contributed by atoms with Crippen LogP contribution in [0.25, 0.3) is 0 Å². The number of piperazine rings is 1. The van der Waals surface area contributed by atoms with Crippen LogP contribution in [-0.2, 0) is 4.79 Å². The first-order valence-corrected chi connectivity index (χ1v) is 7.58. The van der Waals surface area contributed by atoms with Crippen LogP contribution in [0.15, 0.2) is 12.1 Å². The number of aryl methyl sites for hydroxylation is 1. The topological polar surface area (TPSA) is 78.6 Å². The maximum atomic E-state index is 11.7. The normalized spacial score (nSPS) is 29.3. The summed E-state index contributed by atoms with van der Waals surface area (Å²) in [6.07, 6.45) is 0.928. The van der Waals surface area contributed by atoms with Crippen molar-refractivity contribution in [3.8, 4) is 5.75 Å². The third-order valence-corrected chi connectivity index (χ3v) is 4.90. The molecule has 0 spiro atoms. The van der Waals surface area contributed by atoms with Gasteiger partial charge in [-0.25, -0.2) is 0 Å². The van der Waals surface area contributed by atoms with Gasteiger partial charge in [-0.05, 0) is 36.5 Å². The molecule has 3 atom stereocenters. The summed E-state index contributed by atoms with van der Waals surface area (Å²) in [5, 5.41) is 13.6. The predicted molar refractivity (Wildman–Crippen MR) is 81.2 cm³/mol. The molecule has 1 aromatic rings. The van der Waals surface area contributed by atoms with E-state index in [1.165, 1.54) is 11.1 Å². The molecule has 0 radical (unpaired) electrons. The fourth-order valence-corrected chi connectivity index (χ4v) is 3.97. The molecular weight excluding hydrogens is 266 g/mol. The van der Waals surface area contributed by atoms with Crippen LogP contribution in [0.1, 0.15) is 42.0 Å². The summed E-state index contributed by atoms with van der Waals surface area (Å²) < 4.78 is 0. The van der Waals surface area contributed by atoms with E-state index in [4.69, 9.17) is 5.73 Å². The fourth-order valence-electron chi connectivity index (χ4n) is 3.97. The molecule has 1 aliphatic carbocycles. The van der Waals surface area contributed by atoms with Gasteiger partial charge in [0.2, 0.25) is 5.91 Å². The molecule has 1 fully saturated rings. The lowest BCUT2D eigenvalue weighted by atomic mass is 9.97. The molecule has 5 heteroatoms. The second kappa shape index (κ2) is 5.31. The third-order valence-electron chi connectivity index (χ3n) is 4.90. The zero-order chi connectivity index (χ0) is 15.1. The van der Waals surface area contributed by atoms with E-state index in [1.807, 2.05) is 6.07 Å². The van der Waals surface area contributed by atoms with E-state index < -0.39 is 0 Å². The zero-order valence-corrected chi connectivity index (χ0v) is 12.6. The van der Waals surface area contributed by atoms with Crippen molar-refractivity contribution >= 4 is 5.91 Å². The lowest BCUT2D eigenvalue weighted by Crippen LogP contribution is -2.57. The Kier molecular flexibility index (Phi) is 3.63. The predicted octanol–water partition coefficient (Wildman–Crippen LogP) is 1.01. The summed E-state index contributed by atoms with van der Waals surface area (Å²) in [5.74, 6) is 0.433. The van der Waals surface area contributed by atoms with E-state index in [-0.39, 0.29) is 18.0 Å². The number of nitrogens with zero attached hydrogens (tertiary/aromatic N) is 1. The van der Waals surface area contributed by atoms with Gasteiger partial charge in [0.25, 0.3) is 0 Å². The van der Waals surface area contributed by atoms with Crippen molar-refractivity contribution in [2.45, 2.75) is 38.3 Å². The van der Waals surface area contributed by atoms with Crippen molar-refractivity contribution in [2.75, 3.05) is 19.6 Å². The van der Waals surface area contributed by atoms with E-state index in [1.54, 1.807) is 6.07 Å². The Morgan fingerprint density at radius 2 is 2.19 bits per heavy atom. The number of nitrogens with one attached hydrogen (secondary N) is 1. The number of phenolic OH excluding ortho intramolecular Hbond substituents is 1. The maximum Gasteiger partial charge on any atom is 0.236 e. The maximum absolute atomic E-state index is 11.7. The smallest absolute Gasteiger partial charge is 0.236 e. The van der Waals surface area contributed by atoms with Gasteiger partial charge in [0.1, 0.15) is 11.8 Å². The summed E-state index contributed by atoms with van der Waals surface area (Å²) >= 11 is 0. The number of rotatable bonds is 2. The van der Waals surface area contributed by atoms with Crippen LogP contribution in [0.5, 0.6) is 5.75 Å². The van der Waals surface area contributed by atoms with Crippen LogP contribution in [-0.4, -0.2) is 41.6 Å². The number of carbonyl (C=O) groups is 1. The number of hydrogen-bond acceptors (Lipinski definition) is 4. The number of hydrogen-bond donors (Lipinski definition) is 3. The van der Waals surface area contributed by atoms with Crippen LogP contribution in [0.2, 0.25) is 0 Å². The second-order valence-electron chi connectivity index (χ2n) is 6.24. The molecule has 2 aliphatic rings. The lowest BCUT2D eigenvalue weighted by molar-refractivity contribution is -0.125. The van der Waals surface area contributed by atoms with Gasteiger partial charge in [-0.3, -0.25) is 9.69 Å². The molecule has 4 N–H and O–H groups in total. The molecule has 1 heterocycles. The Morgan fingerprint density at radius 3 is 2.90 bits per heavy atom. The van der Waals surface area contributed by atoms with Crippen LogP contribution in [0.3, 0.4) is 0 Å². The Bertz CT molecular complexity index is 573. The molecule has 1 saturated heterocycles. The standard InChI is InChI=1S/C16H23N3O2/c1-9-3-4-13(20)15-11(7-10(2)14(9)15)19-6-5-18-8-12(19)16(17)21/h3-4,10-12,18,20H,5-8H2,1-2H3,(H2,17,21). The molecule has 0 bridgehead atoms. The van der Waals surface area contributed by atoms with Gasteiger partial charge in [0.15, 0.2) is 0 Å². The van der Waals surface area contributed by atoms with Crippen molar-refractivity contribution in [2.24, 2.45) is 5.73 Å². The van der Waals surface area contributed by atoms with E-state index in [2.05, 4.69) is 24.1 Å². The van der Waals surface area contributed by atoms with Gasteiger partial charge in [-0.2, -0.15) is 0 Å². The van der Waals surface area contributed by atoms with Crippen LogP contribution in [0, 0.1) is 6.92 Å². The third kappa shape index (κ3) is 2.30. The number of primary amides is 1. The first-order valence-electron chi connectivity index (χ1n) is 7.58. The Morgan fingerprint density at radius 1 is 1.43 bits per heavy atom. The minimum absolute atomic E-state index is 0.0782. The highest BCUT2D eigenvalue weighted by Crippen LogP contribution is 2.49. The molecular formula is C16H23N3O2. The average molecular weight is 289 g/mol. The summed E-state index contributed by atoms with van der Waals surface area (Å²) in [6.45, 7) is 6.48. The molecule has 1 aromatic carbocycles. The largest absolute Gasteiger partial charge is 0.508 e. The Labute approximate surface area is 125 Å². The molecule has 1 amide bonds. The Hall–Kier alpha value is -1.59. The van der Waals surface area contributed by atoms with Crippen molar-refractivity contribution in [3.05, 3.63) is 28.8 Å². The van der Waals surface area contributed by atoms with E-state index >= 15 is 0 Å². The van der Waals surface area contributed by atoms with Gasteiger partial charge < -0.3 is 16.2 Å². The average Bonchev–Trinajstić information content (AvgIpc) is 2.82. The summed E-state index contributed by atoms with van der Waals surface area (Å²) in [6, 6.07) is 3.51. The highest BCUT2D eigenvalue weighted by Gasteiger charge is 2.40. The van der Waals surface area contributed by atoms with Crippen molar-refractivity contribution < 1.29 is 9.90 Å². The number of phenols is 1. The van der Waals surface area contributed by atoms with E-state index in [9.17, 15) is 9.90 Å². The summed E-state index contributed by atoms with van der Waals surface area (Å²) in [7, 11) is 0. The summed E-state index contributed by atoms with van der Waals surface area (Å²) in [4.78, 5) is 13.9. The van der Waals surface area contributed by atoms with Crippen molar-refractivity contribution in [1.82, 2.24) is 10.2 Å². The van der Waals surface area contributed by atoms with Crippen molar-refractivity contribution in [1.29, 1.82) is 0 Å². The number of nitrogens with two attached hydrogens (primary N) is 1. The molecule has 0 saturated carbocycles. The number of fused-ring (bicyclic) bond motifs is 1. The van der Waals surface area contributed by atoms with Gasteiger partial charge in [-0.15, -0.1) is 0 Å². The minimum atomic E-state index is -0.304. The quantitative estimate of drug-likeness (QED) is 0.759. The highest BCUT2D eigenvalue weighted by atomic mass is 16.3. The summed E-state index contributed by atoms with van der Waals surface area (Å²) in [5.41, 5.74) is 9.01. The number of aromatic hydroxyl groups is 1. The van der Waals surface area contributed by atoms with Gasteiger partial charge >= 0.3 is 0 Å². The monoisotopic (exact) mass is 289 g/mol. The number of amides is 1. The molecule has 5 nitrogen and oxygen atoms in total. The van der Waals surface area contributed by atoms with Gasteiger partial charge in [-0.1, -0.05) is 13.0 Å². The van der Waals surface area contributed by atoms with E-state index in [0.717, 1.165) is 25.1 Å². The SMILES string of the molecule is Cc1ccc(O)c2c1C(C)CC2N1CCNCC1C(N)=O. The molecule has 0 aromatic heterocycles. The van der Waals surface area contributed by atoms with Crippen molar-refractivity contribution in [3.63, 3.8) is 0 Å². The lowest BCUT2D eigenvalue weighted by Gasteiger charge is -2.39. The number of benzene rings is 1. The second-order valence-corrected chi connectivity index (χ2v) is 6.24. The van der Waals surface area contributed by atoms with Gasteiger partial charge in [0.05, 0.1) is 0 Å². The van der Waals surface area contributed by atoms with Crippen LogP contribution >= 0.6 is 0 Å². The fraction of sp³-hybridized carbons (Fsp3) is 0.562. The van der Waals surface area contributed by atoms with E-state index in [0.29, 0.717) is 18.2 Å². The van der Waals surface area contributed by atoms with Crippen LogP contribution in [0.4, 0.5) is 0 Å². The number of carbonyl (C=O) groups excluding carboxylic acids is 1. The van der Waals surface area contributed by atoms with Crippen LogP contribution < -0.4 is 11.1 Å². The molecule has 3 unspecified atom stereocenters.